The SMILES string of the molecule is CC(C)CN(C1CCCC1)C1CCCCCC1=O. The molecule has 2 heteroatoms. The van der Waals surface area contributed by atoms with Gasteiger partial charge in [0.25, 0.3) is 0 Å². The van der Waals surface area contributed by atoms with E-state index in [1.165, 1.54) is 38.5 Å². The minimum Gasteiger partial charge on any atom is -0.298 e. The third kappa shape index (κ3) is 3.57. The maximum absolute atomic E-state index is 12.4. The van der Waals surface area contributed by atoms with Crippen LogP contribution in [0.15, 0.2) is 0 Å². The van der Waals surface area contributed by atoms with E-state index >= 15 is 0 Å². The predicted octanol–water partition coefficient (Wildman–Crippen LogP) is 3.79. The first kappa shape index (κ1) is 14.0. The topological polar surface area (TPSA) is 20.3 Å². The summed E-state index contributed by atoms with van der Waals surface area (Å²) < 4.78 is 0. The van der Waals surface area contributed by atoms with Crippen LogP contribution >= 0.6 is 0 Å². The van der Waals surface area contributed by atoms with Crippen molar-refractivity contribution in [1.29, 1.82) is 0 Å². The number of Topliss-reactive ketones (excluding diaryl/α,β-unsaturated/α-hetero) is 1. The van der Waals surface area contributed by atoms with Crippen molar-refractivity contribution in [3.63, 3.8) is 0 Å². The molecule has 0 radical (unpaired) electrons. The lowest BCUT2D eigenvalue weighted by atomic mass is 10.0. The van der Waals surface area contributed by atoms with Crippen LogP contribution in [0.2, 0.25) is 0 Å². The summed E-state index contributed by atoms with van der Waals surface area (Å²) in [4.78, 5) is 14.9. The average molecular weight is 251 g/mol. The highest BCUT2D eigenvalue weighted by atomic mass is 16.1. The molecule has 0 aliphatic heterocycles. The van der Waals surface area contributed by atoms with Crippen LogP contribution in [0.4, 0.5) is 0 Å². The minimum atomic E-state index is 0.248. The molecular weight excluding hydrogens is 222 g/mol. The Balaban J connectivity index is 2.07. The Labute approximate surface area is 112 Å². The normalized spacial score (nSPS) is 27.1. The monoisotopic (exact) mass is 251 g/mol. The molecule has 0 aromatic heterocycles. The first-order valence-corrected chi connectivity index (χ1v) is 7.97. The molecule has 0 aromatic carbocycles. The molecule has 2 fully saturated rings. The molecule has 18 heavy (non-hydrogen) atoms. The van der Waals surface area contributed by atoms with Crippen molar-refractivity contribution in [3.05, 3.63) is 0 Å². The van der Waals surface area contributed by atoms with Gasteiger partial charge in [-0.15, -0.1) is 0 Å². The van der Waals surface area contributed by atoms with Crippen LogP contribution in [0, 0.1) is 5.92 Å². The first-order chi connectivity index (χ1) is 8.68. The van der Waals surface area contributed by atoms with Crippen molar-refractivity contribution < 1.29 is 4.79 Å². The molecule has 104 valence electrons. The Morgan fingerprint density at radius 3 is 2.39 bits per heavy atom. The van der Waals surface area contributed by atoms with Gasteiger partial charge in [-0.05, 0) is 31.6 Å². The van der Waals surface area contributed by atoms with E-state index in [-0.39, 0.29) is 6.04 Å². The standard InChI is InChI=1S/C16H29NO/c1-13(2)12-17(14-8-6-7-9-14)15-10-4-3-5-11-16(15)18/h13-15H,3-12H2,1-2H3. The van der Waals surface area contributed by atoms with E-state index in [2.05, 4.69) is 18.7 Å². The number of carbonyl (C=O) groups is 1. The zero-order chi connectivity index (χ0) is 13.0. The molecule has 1 atom stereocenters. The van der Waals surface area contributed by atoms with E-state index in [1.54, 1.807) is 0 Å². The third-order valence-electron chi connectivity index (χ3n) is 4.54. The molecule has 2 aliphatic carbocycles. The fraction of sp³-hybridized carbons (Fsp3) is 0.938. The van der Waals surface area contributed by atoms with Gasteiger partial charge in [-0.1, -0.05) is 39.5 Å². The molecule has 0 bridgehead atoms. The molecule has 2 rings (SSSR count). The third-order valence-corrected chi connectivity index (χ3v) is 4.54. The maximum atomic E-state index is 12.4. The van der Waals surface area contributed by atoms with Gasteiger partial charge in [0.15, 0.2) is 0 Å². The summed E-state index contributed by atoms with van der Waals surface area (Å²) in [6, 6.07) is 0.942. The van der Waals surface area contributed by atoms with E-state index in [0.29, 0.717) is 17.7 Å². The Morgan fingerprint density at radius 1 is 1.06 bits per heavy atom. The van der Waals surface area contributed by atoms with Gasteiger partial charge in [0.1, 0.15) is 5.78 Å². The summed E-state index contributed by atoms with van der Waals surface area (Å²) in [7, 11) is 0. The Bertz CT molecular complexity index is 268. The Hall–Kier alpha value is -0.370. The van der Waals surface area contributed by atoms with Crippen molar-refractivity contribution in [2.75, 3.05) is 6.54 Å². The molecule has 0 N–H and O–H groups in total. The molecule has 2 aliphatic rings. The number of nitrogens with zero attached hydrogens (tertiary/aromatic N) is 1. The first-order valence-electron chi connectivity index (χ1n) is 7.97. The van der Waals surface area contributed by atoms with Crippen molar-refractivity contribution in [1.82, 2.24) is 4.90 Å². The van der Waals surface area contributed by atoms with Crippen LogP contribution in [-0.2, 0) is 4.79 Å². The fourth-order valence-electron chi connectivity index (χ4n) is 3.68. The van der Waals surface area contributed by atoms with Gasteiger partial charge >= 0.3 is 0 Å². The van der Waals surface area contributed by atoms with E-state index in [0.717, 1.165) is 25.8 Å². The molecular formula is C16H29NO. The summed E-state index contributed by atoms with van der Waals surface area (Å²) in [5.41, 5.74) is 0. The molecule has 0 heterocycles. The van der Waals surface area contributed by atoms with Crippen molar-refractivity contribution in [2.24, 2.45) is 5.92 Å². The number of ketones is 1. The second-order valence-electron chi connectivity index (χ2n) is 6.61. The van der Waals surface area contributed by atoms with Gasteiger partial charge in [0.05, 0.1) is 6.04 Å². The highest BCUT2D eigenvalue weighted by Crippen LogP contribution is 2.29. The van der Waals surface area contributed by atoms with Gasteiger partial charge in [-0.25, -0.2) is 0 Å². The van der Waals surface area contributed by atoms with Gasteiger partial charge in [0, 0.05) is 19.0 Å². The second-order valence-corrected chi connectivity index (χ2v) is 6.61. The lowest BCUT2D eigenvalue weighted by Crippen LogP contribution is -2.47. The van der Waals surface area contributed by atoms with Crippen LogP contribution in [0.3, 0.4) is 0 Å². The summed E-state index contributed by atoms with van der Waals surface area (Å²) in [5.74, 6) is 1.20. The fourth-order valence-corrected chi connectivity index (χ4v) is 3.68. The van der Waals surface area contributed by atoms with Crippen LogP contribution in [0.1, 0.15) is 71.6 Å². The summed E-state index contributed by atoms with van der Waals surface area (Å²) in [6.45, 7) is 5.67. The van der Waals surface area contributed by atoms with Crippen LogP contribution in [-0.4, -0.2) is 29.3 Å². The quantitative estimate of drug-likeness (QED) is 0.709. The smallest absolute Gasteiger partial charge is 0.149 e. The van der Waals surface area contributed by atoms with Crippen LogP contribution in [0.5, 0.6) is 0 Å². The van der Waals surface area contributed by atoms with Crippen molar-refractivity contribution in [3.8, 4) is 0 Å². The molecule has 2 saturated carbocycles. The van der Waals surface area contributed by atoms with Crippen molar-refractivity contribution >= 4 is 5.78 Å². The lowest BCUT2D eigenvalue weighted by Gasteiger charge is -2.36. The number of hydrogen-bond donors (Lipinski definition) is 0. The largest absolute Gasteiger partial charge is 0.298 e. The van der Waals surface area contributed by atoms with E-state index < -0.39 is 0 Å². The van der Waals surface area contributed by atoms with Gasteiger partial charge in [0.2, 0.25) is 0 Å². The molecule has 0 saturated heterocycles. The van der Waals surface area contributed by atoms with Gasteiger partial charge < -0.3 is 0 Å². The Morgan fingerprint density at radius 2 is 1.72 bits per heavy atom. The average Bonchev–Trinajstić information content (AvgIpc) is 2.76. The van der Waals surface area contributed by atoms with Gasteiger partial charge in [-0.3, -0.25) is 9.69 Å². The molecule has 0 amide bonds. The lowest BCUT2D eigenvalue weighted by molar-refractivity contribution is -0.125. The zero-order valence-electron chi connectivity index (χ0n) is 12.2. The van der Waals surface area contributed by atoms with E-state index in [4.69, 9.17) is 0 Å². The minimum absolute atomic E-state index is 0.248. The summed E-state index contributed by atoms with van der Waals surface area (Å²) in [6.07, 6.45) is 10.9. The number of hydrogen-bond acceptors (Lipinski definition) is 2. The summed E-state index contributed by atoms with van der Waals surface area (Å²) >= 11 is 0. The predicted molar refractivity (Wildman–Crippen MR) is 75.7 cm³/mol. The molecule has 0 aromatic rings. The second kappa shape index (κ2) is 6.70. The highest BCUT2D eigenvalue weighted by molar-refractivity contribution is 5.84. The molecule has 0 spiro atoms. The molecule has 2 nitrogen and oxygen atoms in total. The van der Waals surface area contributed by atoms with E-state index in [1.807, 2.05) is 0 Å². The highest BCUT2D eigenvalue weighted by Gasteiger charge is 2.33. The Kier molecular flexibility index (Phi) is 5.23. The molecule has 1 unspecified atom stereocenters. The van der Waals surface area contributed by atoms with Gasteiger partial charge in [-0.2, -0.15) is 0 Å². The number of rotatable bonds is 4. The summed E-state index contributed by atoms with van der Waals surface area (Å²) in [5, 5.41) is 0. The van der Waals surface area contributed by atoms with Crippen LogP contribution in [0.25, 0.3) is 0 Å². The number of carbonyl (C=O) groups excluding carboxylic acids is 1. The zero-order valence-corrected chi connectivity index (χ0v) is 12.2. The van der Waals surface area contributed by atoms with Crippen molar-refractivity contribution in [2.45, 2.75) is 83.7 Å². The van der Waals surface area contributed by atoms with E-state index in [9.17, 15) is 4.79 Å². The maximum Gasteiger partial charge on any atom is 0.149 e. The van der Waals surface area contributed by atoms with Crippen LogP contribution < -0.4 is 0 Å².